The Labute approximate surface area is 217 Å². The molecular weight excluding hydrogens is 465 g/mol. The minimum atomic E-state index is -0.373. The van der Waals surface area contributed by atoms with Crippen molar-refractivity contribution < 1.29 is 14.0 Å². The highest BCUT2D eigenvalue weighted by Crippen LogP contribution is 2.51. The summed E-state index contributed by atoms with van der Waals surface area (Å²) in [5, 5.41) is 6.87. The second-order valence-corrected chi connectivity index (χ2v) is 10.5. The van der Waals surface area contributed by atoms with Gasteiger partial charge in [-0.3, -0.25) is 9.59 Å². The molecule has 3 aliphatic rings. The molecule has 2 fully saturated rings. The number of likely N-dealkylation sites (tertiary alicyclic amines) is 1. The van der Waals surface area contributed by atoms with E-state index in [-0.39, 0.29) is 47.6 Å². The molecule has 3 aromatic carbocycles. The van der Waals surface area contributed by atoms with Gasteiger partial charge in [-0.2, -0.15) is 0 Å². The first-order chi connectivity index (χ1) is 18.1. The number of benzene rings is 3. The van der Waals surface area contributed by atoms with Crippen molar-refractivity contribution in [1.29, 1.82) is 0 Å². The van der Waals surface area contributed by atoms with Crippen molar-refractivity contribution in [2.75, 3.05) is 11.9 Å². The molecule has 0 bridgehead atoms. The van der Waals surface area contributed by atoms with Crippen LogP contribution in [0.25, 0.3) is 0 Å². The molecule has 0 aromatic heterocycles. The van der Waals surface area contributed by atoms with Gasteiger partial charge in [0, 0.05) is 29.8 Å². The molecule has 0 spiro atoms. The average Bonchev–Trinajstić information content (AvgIpc) is 3.39. The Bertz CT molecular complexity index is 1280. The Morgan fingerprint density at radius 2 is 1.59 bits per heavy atom. The van der Waals surface area contributed by atoms with E-state index in [1.54, 1.807) is 0 Å². The standard InChI is InChI=1S/C31H32FN3O2/c32-22-16-14-21(15-17-22)30(36)34-27-13-7-5-11-24(27)31(37)35-19-18-25-28(20-8-2-1-3-9-20)33-26-12-6-4-10-23(26)29(25)35/h1-4,6,8-10,12,14-17,24-25,27-29,33H,5,7,11,13,18-19H2,(H,34,36)/t24-,25-,27+,28-,29-/m0/s1. The molecule has 0 radical (unpaired) electrons. The predicted molar refractivity (Wildman–Crippen MR) is 141 cm³/mol. The number of rotatable bonds is 4. The highest BCUT2D eigenvalue weighted by Gasteiger charge is 2.48. The fraction of sp³-hybridized carbons (Fsp3) is 0.355. The molecule has 5 nitrogen and oxygen atoms in total. The van der Waals surface area contributed by atoms with Gasteiger partial charge in [0.1, 0.15) is 5.82 Å². The van der Waals surface area contributed by atoms with E-state index in [0.29, 0.717) is 12.1 Å². The largest absolute Gasteiger partial charge is 0.378 e. The Balaban J connectivity index is 1.27. The molecule has 2 aliphatic heterocycles. The van der Waals surface area contributed by atoms with Crippen LogP contribution in [0.4, 0.5) is 10.1 Å². The first-order valence-corrected chi connectivity index (χ1v) is 13.4. The molecule has 6 rings (SSSR count). The molecule has 1 aliphatic carbocycles. The summed E-state index contributed by atoms with van der Waals surface area (Å²) < 4.78 is 13.3. The first-order valence-electron chi connectivity index (χ1n) is 13.4. The molecule has 2 heterocycles. The van der Waals surface area contributed by atoms with Crippen molar-refractivity contribution in [1.82, 2.24) is 10.2 Å². The molecule has 1 saturated heterocycles. The zero-order chi connectivity index (χ0) is 25.4. The molecule has 2 amide bonds. The van der Waals surface area contributed by atoms with Crippen LogP contribution in [0.15, 0.2) is 78.9 Å². The molecule has 1 saturated carbocycles. The summed E-state index contributed by atoms with van der Waals surface area (Å²) in [6.07, 6.45) is 4.43. The van der Waals surface area contributed by atoms with Gasteiger partial charge in [0.15, 0.2) is 0 Å². The van der Waals surface area contributed by atoms with Gasteiger partial charge in [0.25, 0.3) is 5.91 Å². The van der Waals surface area contributed by atoms with E-state index in [2.05, 4.69) is 51.9 Å². The smallest absolute Gasteiger partial charge is 0.251 e. The zero-order valence-electron chi connectivity index (χ0n) is 20.8. The molecule has 6 heteroatoms. The summed E-state index contributed by atoms with van der Waals surface area (Å²) in [6, 6.07) is 24.3. The predicted octanol–water partition coefficient (Wildman–Crippen LogP) is 5.87. The topological polar surface area (TPSA) is 61.4 Å². The van der Waals surface area contributed by atoms with Crippen LogP contribution in [0, 0.1) is 17.7 Å². The van der Waals surface area contributed by atoms with Crippen molar-refractivity contribution in [2.24, 2.45) is 11.8 Å². The molecular formula is C31H32FN3O2. The number of nitrogens with one attached hydrogen (secondary N) is 2. The number of hydrogen-bond donors (Lipinski definition) is 2. The summed E-state index contributed by atoms with van der Waals surface area (Å²) in [4.78, 5) is 29.2. The molecule has 37 heavy (non-hydrogen) atoms. The van der Waals surface area contributed by atoms with Gasteiger partial charge in [-0.15, -0.1) is 0 Å². The summed E-state index contributed by atoms with van der Waals surface area (Å²) >= 11 is 0. The van der Waals surface area contributed by atoms with Gasteiger partial charge in [-0.25, -0.2) is 4.39 Å². The van der Waals surface area contributed by atoms with E-state index < -0.39 is 0 Å². The van der Waals surface area contributed by atoms with E-state index in [1.807, 2.05) is 18.2 Å². The van der Waals surface area contributed by atoms with E-state index in [1.165, 1.54) is 35.4 Å². The Kier molecular flexibility index (Phi) is 6.41. The Morgan fingerprint density at radius 1 is 0.865 bits per heavy atom. The average molecular weight is 498 g/mol. The number of para-hydroxylation sites is 1. The van der Waals surface area contributed by atoms with E-state index in [0.717, 1.165) is 37.8 Å². The van der Waals surface area contributed by atoms with Crippen molar-refractivity contribution in [3.8, 4) is 0 Å². The maximum Gasteiger partial charge on any atom is 0.251 e. The van der Waals surface area contributed by atoms with Crippen LogP contribution in [0.3, 0.4) is 0 Å². The lowest BCUT2D eigenvalue weighted by molar-refractivity contribution is -0.138. The highest BCUT2D eigenvalue weighted by molar-refractivity contribution is 5.95. The van der Waals surface area contributed by atoms with Gasteiger partial charge in [-0.05, 0) is 60.7 Å². The van der Waals surface area contributed by atoms with Gasteiger partial charge < -0.3 is 15.5 Å². The van der Waals surface area contributed by atoms with Crippen molar-refractivity contribution in [2.45, 2.75) is 50.2 Å². The van der Waals surface area contributed by atoms with E-state index >= 15 is 0 Å². The number of amides is 2. The monoisotopic (exact) mass is 497 g/mol. The van der Waals surface area contributed by atoms with Crippen LogP contribution in [0.5, 0.6) is 0 Å². The lowest BCUT2D eigenvalue weighted by Gasteiger charge is -2.42. The number of halogens is 1. The minimum Gasteiger partial charge on any atom is -0.378 e. The number of hydrogen-bond acceptors (Lipinski definition) is 3. The summed E-state index contributed by atoms with van der Waals surface area (Å²) in [7, 11) is 0. The van der Waals surface area contributed by atoms with Crippen LogP contribution >= 0.6 is 0 Å². The molecule has 190 valence electrons. The third-order valence-corrected chi connectivity index (χ3v) is 8.41. The second-order valence-electron chi connectivity index (χ2n) is 10.5. The second kappa shape index (κ2) is 10.0. The number of fused-ring (bicyclic) bond motifs is 3. The number of carbonyl (C=O) groups is 2. The van der Waals surface area contributed by atoms with Gasteiger partial charge in [0.05, 0.1) is 18.0 Å². The number of nitrogens with zero attached hydrogens (tertiary/aromatic N) is 1. The maximum absolute atomic E-state index is 14.2. The fourth-order valence-corrected chi connectivity index (χ4v) is 6.63. The third kappa shape index (κ3) is 4.50. The summed E-state index contributed by atoms with van der Waals surface area (Å²) in [5.74, 6) is -0.464. The van der Waals surface area contributed by atoms with Crippen molar-refractivity contribution >= 4 is 17.5 Å². The lowest BCUT2D eigenvalue weighted by atomic mass is 9.79. The molecule has 0 unspecified atom stereocenters. The zero-order valence-corrected chi connectivity index (χ0v) is 20.8. The van der Waals surface area contributed by atoms with Crippen LogP contribution in [-0.2, 0) is 4.79 Å². The van der Waals surface area contributed by atoms with Crippen LogP contribution in [0.2, 0.25) is 0 Å². The minimum absolute atomic E-state index is 0.00512. The van der Waals surface area contributed by atoms with Crippen LogP contribution < -0.4 is 10.6 Å². The summed E-state index contributed by atoms with van der Waals surface area (Å²) in [6.45, 7) is 0.711. The maximum atomic E-state index is 14.2. The Morgan fingerprint density at radius 3 is 2.41 bits per heavy atom. The van der Waals surface area contributed by atoms with Crippen LogP contribution in [0.1, 0.15) is 65.7 Å². The normalized spacial score (nSPS) is 26.5. The van der Waals surface area contributed by atoms with E-state index in [9.17, 15) is 14.0 Å². The molecule has 2 N–H and O–H groups in total. The Hall–Kier alpha value is -3.67. The van der Waals surface area contributed by atoms with Gasteiger partial charge >= 0.3 is 0 Å². The quantitative estimate of drug-likeness (QED) is 0.474. The number of carbonyl (C=O) groups excluding carboxylic acids is 2. The van der Waals surface area contributed by atoms with E-state index in [4.69, 9.17) is 0 Å². The molecule has 5 atom stereocenters. The molecule has 3 aromatic rings. The number of anilines is 1. The van der Waals surface area contributed by atoms with Crippen LogP contribution in [-0.4, -0.2) is 29.3 Å². The van der Waals surface area contributed by atoms with Gasteiger partial charge in [-0.1, -0.05) is 61.4 Å². The van der Waals surface area contributed by atoms with Crippen molar-refractivity contribution in [3.05, 3.63) is 101 Å². The van der Waals surface area contributed by atoms with Crippen molar-refractivity contribution in [3.63, 3.8) is 0 Å². The van der Waals surface area contributed by atoms with Gasteiger partial charge in [0.2, 0.25) is 5.91 Å². The SMILES string of the molecule is O=C(N[C@@H]1CCCC[C@@H]1C(=O)N1CC[C@H]2[C@H](c3ccccc3)Nc3ccccc3[C@@H]21)c1ccc(F)cc1. The third-order valence-electron chi connectivity index (χ3n) is 8.41. The summed E-state index contributed by atoms with van der Waals surface area (Å²) in [5.41, 5.74) is 3.91. The fourth-order valence-electron chi connectivity index (χ4n) is 6.63. The first kappa shape index (κ1) is 23.7. The lowest BCUT2D eigenvalue weighted by Crippen LogP contribution is -2.50. The highest BCUT2D eigenvalue weighted by atomic mass is 19.1.